The zero-order valence-electron chi connectivity index (χ0n) is 23.7. The van der Waals surface area contributed by atoms with Crippen LogP contribution in [-0.2, 0) is 14.3 Å². The van der Waals surface area contributed by atoms with Crippen LogP contribution in [0.25, 0.3) is 11.3 Å². The Morgan fingerprint density at radius 3 is 2.43 bits per heavy atom. The number of nitrogens with zero attached hydrogens (tertiary/aromatic N) is 5. The molecule has 0 saturated carbocycles. The maximum atomic E-state index is 13.6. The third-order valence-electron chi connectivity index (χ3n) is 8.07. The maximum absolute atomic E-state index is 13.6. The normalized spacial score (nSPS) is 22.2. The molecule has 2 aliphatic rings. The van der Waals surface area contributed by atoms with Gasteiger partial charge in [-0.15, -0.1) is 5.10 Å². The molecule has 2 saturated heterocycles. The lowest BCUT2D eigenvalue weighted by Crippen LogP contribution is -2.49. The zero-order valence-corrected chi connectivity index (χ0v) is 25.2. The Morgan fingerprint density at radius 1 is 1.02 bits per heavy atom. The molecule has 2 aliphatic heterocycles. The average Bonchev–Trinajstić information content (AvgIpc) is 3.65. The number of benzene rings is 2. The highest BCUT2D eigenvalue weighted by atomic mass is 35.5. The number of rotatable bonds is 7. The van der Waals surface area contributed by atoms with Gasteiger partial charge in [-0.1, -0.05) is 40.5 Å². The van der Waals surface area contributed by atoms with Crippen LogP contribution in [0.15, 0.2) is 48.7 Å². The van der Waals surface area contributed by atoms with Gasteiger partial charge in [-0.3, -0.25) is 9.59 Å². The number of methoxy groups -OCH3 is 1. The van der Waals surface area contributed by atoms with Crippen molar-refractivity contribution in [3.63, 3.8) is 0 Å². The molecule has 2 amide bonds. The van der Waals surface area contributed by atoms with E-state index in [-0.39, 0.29) is 43.1 Å². The van der Waals surface area contributed by atoms with E-state index >= 15 is 0 Å². The van der Waals surface area contributed by atoms with Gasteiger partial charge in [-0.2, -0.15) is 0 Å². The highest BCUT2D eigenvalue weighted by Crippen LogP contribution is 2.34. The Labute approximate surface area is 254 Å². The number of piperidine rings is 1. The van der Waals surface area contributed by atoms with Crippen molar-refractivity contribution in [2.75, 3.05) is 20.3 Å². The molecule has 2 aromatic carbocycles. The van der Waals surface area contributed by atoms with Crippen LogP contribution in [0.2, 0.25) is 10.0 Å². The quantitative estimate of drug-likeness (QED) is 0.343. The molecule has 0 aliphatic carbocycles. The van der Waals surface area contributed by atoms with Crippen LogP contribution < -0.4 is 4.74 Å². The maximum Gasteiger partial charge on any atom is 0.328 e. The van der Waals surface area contributed by atoms with Crippen molar-refractivity contribution >= 4 is 41.0 Å². The van der Waals surface area contributed by atoms with Gasteiger partial charge >= 0.3 is 5.97 Å². The van der Waals surface area contributed by atoms with E-state index in [0.717, 1.165) is 19.3 Å². The van der Waals surface area contributed by atoms with Gasteiger partial charge in [0.2, 0.25) is 0 Å². The molecule has 0 radical (unpaired) electrons. The van der Waals surface area contributed by atoms with Crippen molar-refractivity contribution in [3.05, 3.63) is 64.3 Å². The van der Waals surface area contributed by atoms with E-state index in [2.05, 4.69) is 24.2 Å². The lowest BCUT2D eigenvalue weighted by Gasteiger charge is -2.38. The summed E-state index contributed by atoms with van der Waals surface area (Å²) in [6.45, 7) is 4.29. The predicted molar refractivity (Wildman–Crippen MR) is 158 cm³/mol. The van der Waals surface area contributed by atoms with Crippen molar-refractivity contribution in [2.24, 2.45) is 0 Å². The number of hydrogen-bond donors (Lipinski definition) is 0. The topological polar surface area (TPSA) is 107 Å². The molecule has 0 bridgehead atoms. The van der Waals surface area contributed by atoms with Crippen LogP contribution in [0, 0.1) is 0 Å². The largest absolute Gasteiger partial charge is 0.484 e. The number of ether oxygens (including phenoxy) is 2. The average molecular weight is 615 g/mol. The van der Waals surface area contributed by atoms with Gasteiger partial charge in [-0.25, -0.2) is 9.48 Å². The molecule has 222 valence electrons. The second-order valence-electron chi connectivity index (χ2n) is 10.8. The molecule has 4 atom stereocenters. The first kappa shape index (κ1) is 29.8. The summed E-state index contributed by atoms with van der Waals surface area (Å²) in [5.74, 6) is -0.405. The number of esters is 1. The van der Waals surface area contributed by atoms with E-state index in [1.54, 1.807) is 53.3 Å². The first-order chi connectivity index (χ1) is 20.2. The number of hydrogen-bond acceptors (Lipinski definition) is 7. The van der Waals surface area contributed by atoms with Gasteiger partial charge in [0, 0.05) is 36.2 Å². The molecule has 42 heavy (non-hydrogen) atoms. The van der Waals surface area contributed by atoms with Gasteiger partial charge in [0.15, 0.2) is 6.61 Å². The van der Waals surface area contributed by atoms with Crippen molar-refractivity contribution in [3.8, 4) is 17.0 Å². The molecule has 0 N–H and O–H groups in total. The Bertz CT molecular complexity index is 1450. The van der Waals surface area contributed by atoms with Crippen molar-refractivity contribution in [1.82, 2.24) is 24.8 Å². The fraction of sp³-hybridized carbons (Fsp3) is 0.433. The number of aromatic nitrogens is 3. The molecular weight excluding hydrogens is 581 g/mol. The molecular formula is C30H33Cl2N5O5. The molecule has 12 heteroatoms. The molecule has 2 unspecified atom stereocenters. The van der Waals surface area contributed by atoms with Crippen LogP contribution in [0.4, 0.5) is 0 Å². The van der Waals surface area contributed by atoms with Gasteiger partial charge in [0.25, 0.3) is 11.8 Å². The number of carbonyl (C=O) groups excluding carboxylic acids is 3. The van der Waals surface area contributed by atoms with Gasteiger partial charge < -0.3 is 19.3 Å². The minimum Gasteiger partial charge on any atom is -0.484 e. The smallest absolute Gasteiger partial charge is 0.328 e. The third-order valence-corrected chi connectivity index (χ3v) is 8.89. The van der Waals surface area contributed by atoms with E-state index < -0.39 is 12.0 Å². The first-order valence-corrected chi connectivity index (χ1v) is 14.7. The Hall–Kier alpha value is -3.63. The first-order valence-electron chi connectivity index (χ1n) is 14.0. The van der Waals surface area contributed by atoms with Gasteiger partial charge in [-0.05, 0) is 63.4 Å². The molecule has 3 aromatic rings. The summed E-state index contributed by atoms with van der Waals surface area (Å²) in [6, 6.07) is 11.1. The standard InChI is InChI=1S/C30H33Cl2N5O5/c1-18-6-4-7-19(2)37(18)27(38)17-42-22-12-10-20(11-13-22)29(39)35-15-21(14-26(35)30(40)41-3)36-16-25(33-34-36)23-8-5-9-24(31)28(23)32/h5,8-13,16,18-19,21,26H,4,6-7,14-15,17H2,1-3H3/t18?,19?,21-,26+/m1/s1. The fourth-order valence-electron chi connectivity index (χ4n) is 5.86. The number of likely N-dealkylation sites (tertiary alicyclic amines) is 2. The second kappa shape index (κ2) is 12.7. The van der Waals surface area contributed by atoms with Crippen molar-refractivity contribution in [2.45, 2.75) is 63.7 Å². The van der Waals surface area contributed by atoms with E-state index in [0.29, 0.717) is 39.0 Å². The lowest BCUT2D eigenvalue weighted by molar-refractivity contribution is -0.145. The molecule has 10 nitrogen and oxygen atoms in total. The van der Waals surface area contributed by atoms with Crippen LogP contribution in [0.3, 0.4) is 0 Å². The summed E-state index contributed by atoms with van der Waals surface area (Å²) in [4.78, 5) is 42.4. The fourth-order valence-corrected chi connectivity index (χ4v) is 6.26. The van der Waals surface area contributed by atoms with E-state index in [9.17, 15) is 14.4 Å². The van der Waals surface area contributed by atoms with Crippen molar-refractivity contribution < 1.29 is 23.9 Å². The summed E-state index contributed by atoms with van der Waals surface area (Å²) < 4.78 is 12.4. The van der Waals surface area contributed by atoms with Gasteiger partial charge in [0.1, 0.15) is 17.5 Å². The summed E-state index contributed by atoms with van der Waals surface area (Å²) in [6.07, 6.45) is 5.13. The zero-order chi connectivity index (χ0) is 30.0. The number of halogens is 2. The second-order valence-corrected chi connectivity index (χ2v) is 11.6. The van der Waals surface area contributed by atoms with Crippen molar-refractivity contribution in [1.29, 1.82) is 0 Å². The van der Waals surface area contributed by atoms with Crippen LogP contribution >= 0.6 is 23.2 Å². The van der Waals surface area contributed by atoms with E-state index in [1.807, 2.05) is 4.90 Å². The highest BCUT2D eigenvalue weighted by Gasteiger charge is 2.42. The Kier molecular flexibility index (Phi) is 9.03. The van der Waals surface area contributed by atoms with Gasteiger partial charge in [0.05, 0.1) is 29.4 Å². The molecule has 3 heterocycles. The molecule has 0 spiro atoms. The minimum atomic E-state index is -0.794. The summed E-state index contributed by atoms with van der Waals surface area (Å²) >= 11 is 12.5. The predicted octanol–water partition coefficient (Wildman–Crippen LogP) is 5.05. The minimum absolute atomic E-state index is 0.0483. The molecule has 2 fully saturated rings. The number of amides is 2. The Balaban J connectivity index is 1.26. The van der Waals surface area contributed by atoms with E-state index in [1.165, 1.54) is 12.0 Å². The Morgan fingerprint density at radius 2 is 1.74 bits per heavy atom. The van der Waals surface area contributed by atoms with Crippen LogP contribution in [0.5, 0.6) is 5.75 Å². The number of carbonyl (C=O) groups is 3. The van der Waals surface area contributed by atoms with Crippen LogP contribution in [0.1, 0.15) is 55.9 Å². The summed E-state index contributed by atoms with van der Waals surface area (Å²) in [5.41, 5.74) is 1.54. The third kappa shape index (κ3) is 6.10. The highest BCUT2D eigenvalue weighted by molar-refractivity contribution is 6.43. The van der Waals surface area contributed by atoms with E-state index in [4.69, 9.17) is 32.7 Å². The summed E-state index contributed by atoms with van der Waals surface area (Å²) in [7, 11) is 1.30. The molecule has 1 aromatic heterocycles. The van der Waals surface area contributed by atoms with Crippen LogP contribution in [-0.4, -0.2) is 81.0 Å². The summed E-state index contributed by atoms with van der Waals surface area (Å²) in [5, 5.41) is 9.26. The SMILES string of the molecule is COC(=O)[C@@H]1C[C@@H](n2cc(-c3cccc(Cl)c3Cl)nn2)CN1C(=O)c1ccc(OCC(=O)N2C(C)CCCC2C)cc1. The molecule has 5 rings (SSSR count). The lowest BCUT2D eigenvalue weighted by atomic mass is 9.97. The monoisotopic (exact) mass is 613 g/mol.